The summed E-state index contributed by atoms with van der Waals surface area (Å²) in [6.07, 6.45) is 1.32. The topological polar surface area (TPSA) is 138 Å². The Hall–Kier alpha value is -3.35. The lowest BCUT2D eigenvalue weighted by Crippen LogP contribution is -2.59. The first-order valence-corrected chi connectivity index (χ1v) is 19.3. The third kappa shape index (κ3) is 12.3. The first kappa shape index (κ1) is 45.8. The van der Waals surface area contributed by atoms with Gasteiger partial charge in [0.1, 0.15) is 6.04 Å². The van der Waals surface area contributed by atoms with Crippen LogP contribution >= 0.6 is 0 Å². The van der Waals surface area contributed by atoms with E-state index in [-0.39, 0.29) is 59.6 Å². The standard InChI is InChI=1S/C41H69N5O7/c1-14-27(6)37(45(11)41(51)35(25(2)3)43-40(50)36(26(4)5)44(9)10)33(52-12)24-34(48)46-22-18-21-32(46)38(53-13)28(7)39(49)42-31(29(8)47)23-30-19-16-15-17-20-30/h15-17,19-20,25-28,31-33,35-38H,14,18,21-24H2,1-13H3,(H,42,49)(H,43,50)/t27-,28+,31+,32-,33+,35-,36-,37?,38+/m0/s1. The minimum atomic E-state index is -0.762. The Labute approximate surface area is 319 Å². The number of amides is 4. The van der Waals surface area contributed by atoms with E-state index in [9.17, 15) is 24.0 Å². The third-order valence-corrected chi connectivity index (χ3v) is 11.0. The summed E-state index contributed by atoms with van der Waals surface area (Å²) in [6.45, 7) is 15.6. The largest absolute Gasteiger partial charge is 0.379 e. The maximum absolute atomic E-state index is 14.2. The van der Waals surface area contributed by atoms with Crippen LogP contribution in [0, 0.1) is 23.7 Å². The summed E-state index contributed by atoms with van der Waals surface area (Å²) in [5.41, 5.74) is 0.945. The number of hydrogen-bond donors (Lipinski definition) is 2. The summed E-state index contributed by atoms with van der Waals surface area (Å²) in [7, 11) is 8.55. The van der Waals surface area contributed by atoms with Crippen molar-refractivity contribution >= 4 is 29.4 Å². The fourth-order valence-electron chi connectivity index (χ4n) is 7.86. The molecule has 1 unspecified atom stereocenters. The number of rotatable bonds is 21. The molecule has 1 aliphatic rings. The summed E-state index contributed by atoms with van der Waals surface area (Å²) in [5.74, 6) is -1.82. The van der Waals surface area contributed by atoms with Gasteiger partial charge in [-0.3, -0.25) is 28.9 Å². The highest BCUT2D eigenvalue weighted by molar-refractivity contribution is 5.90. The van der Waals surface area contributed by atoms with Gasteiger partial charge in [-0.2, -0.15) is 0 Å². The van der Waals surface area contributed by atoms with E-state index in [0.717, 1.165) is 18.4 Å². The van der Waals surface area contributed by atoms with Gasteiger partial charge >= 0.3 is 0 Å². The molecule has 12 heteroatoms. The zero-order chi connectivity index (χ0) is 40.2. The maximum Gasteiger partial charge on any atom is 0.245 e. The fraction of sp³-hybridized carbons (Fsp3) is 0.732. The van der Waals surface area contributed by atoms with Crippen molar-refractivity contribution < 1.29 is 33.4 Å². The molecular formula is C41H69N5O7. The average molecular weight is 744 g/mol. The molecule has 0 aliphatic carbocycles. The predicted octanol–water partition coefficient (Wildman–Crippen LogP) is 3.95. The molecule has 1 fully saturated rings. The number of methoxy groups -OCH3 is 2. The van der Waals surface area contributed by atoms with Crippen LogP contribution < -0.4 is 10.6 Å². The van der Waals surface area contributed by atoms with Crippen molar-refractivity contribution in [2.45, 2.75) is 130 Å². The second-order valence-electron chi connectivity index (χ2n) is 15.8. The SMILES string of the molecule is CC[C@H](C)C([C@@H](CC(=O)N1CCC[C@H]1[C@H](OC)[C@@H](C)C(=O)N[C@H](Cc1ccccc1)C(C)=O)OC)N(C)C(=O)[C@@H](NC(=O)[C@H](C(C)C)N(C)C)C(C)C. The van der Waals surface area contributed by atoms with Gasteiger partial charge in [-0.15, -0.1) is 0 Å². The number of carbonyl (C=O) groups excluding carboxylic acids is 5. The molecule has 1 aliphatic heterocycles. The average Bonchev–Trinajstić information content (AvgIpc) is 3.59. The van der Waals surface area contributed by atoms with Crippen LogP contribution in [-0.2, 0) is 39.9 Å². The smallest absolute Gasteiger partial charge is 0.245 e. The van der Waals surface area contributed by atoms with Crippen molar-refractivity contribution in [2.75, 3.05) is 41.9 Å². The fourth-order valence-corrected chi connectivity index (χ4v) is 7.86. The van der Waals surface area contributed by atoms with E-state index in [1.807, 2.05) is 90.9 Å². The van der Waals surface area contributed by atoms with E-state index in [0.29, 0.717) is 19.4 Å². The minimum absolute atomic E-state index is 0.0227. The molecule has 0 aromatic heterocycles. The Kier molecular flexibility index (Phi) is 18.6. The van der Waals surface area contributed by atoms with Crippen LogP contribution in [0.4, 0.5) is 0 Å². The Morgan fingerprint density at radius 1 is 0.887 bits per heavy atom. The number of likely N-dealkylation sites (tertiary alicyclic amines) is 1. The highest BCUT2D eigenvalue weighted by Crippen LogP contribution is 2.30. The molecule has 1 saturated heterocycles. The molecular weight excluding hydrogens is 674 g/mol. The van der Waals surface area contributed by atoms with Crippen molar-refractivity contribution in [2.24, 2.45) is 23.7 Å². The Balaban J connectivity index is 2.27. The Morgan fingerprint density at radius 3 is 2.00 bits per heavy atom. The van der Waals surface area contributed by atoms with E-state index >= 15 is 0 Å². The molecule has 2 N–H and O–H groups in total. The highest BCUT2D eigenvalue weighted by atomic mass is 16.5. The first-order chi connectivity index (χ1) is 24.9. The van der Waals surface area contributed by atoms with Crippen LogP contribution in [-0.4, -0.2) is 128 Å². The predicted molar refractivity (Wildman–Crippen MR) is 208 cm³/mol. The van der Waals surface area contributed by atoms with Crippen LogP contribution in [0.3, 0.4) is 0 Å². The zero-order valence-electron chi connectivity index (χ0n) is 34.7. The lowest BCUT2D eigenvalue weighted by molar-refractivity contribution is -0.148. The molecule has 1 aromatic carbocycles. The van der Waals surface area contributed by atoms with Crippen molar-refractivity contribution in [1.29, 1.82) is 0 Å². The van der Waals surface area contributed by atoms with Crippen molar-refractivity contribution in [3.05, 3.63) is 35.9 Å². The quantitative estimate of drug-likeness (QED) is 0.193. The monoisotopic (exact) mass is 744 g/mol. The lowest BCUT2D eigenvalue weighted by atomic mass is 9.89. The highest BCUT2D eigenvalue weighted by Gasteiger charge is 2.43. The van der Waals surface area contributed by atoms with Gasteiger partial charge in [0.25, 0.3) is 0 Å². The van der Waals surface area contributed by atoms with Gasteiger partial charge in [0.15, 0.2) is 5.78 Å². The summed E-state index contributed by atoms with van der Waals surface area (Å²) in [6, 6.07) is 6.90. The van der Waals surface area contributed by atoms with Crippen molar-refractivity contribution in [3.8, 4) is 0 Å². The molecule has 12 nitrogen and oxygen atoms in total. The van der Waals surface area contributed by atoms with Gasteiger partial charge < -0.3 is 29.9 Å². The molecule has 0 bridgehead atoms. The van der Waals surface area contributed by atoms with Gasteiger partial charge in [0, 0.05) is 27.8 Å². The van der Waals surface area contributed by atoms with E-state index in [4.69, 9.17) is 9.47 Å². The second kappa shape index (κ2) is 21.5. The molecule has 0 saturated carbocycles. The van der Waals surface area contributed by atoms with E-state index in [1.54, 1.807) is 38.0 Å². The van der Waals surface area contributed by atoms with Crippen molar-refractivity contribution in [1.82, 2.24) is 25.3 Å². The van der Waals surface area contributed by atoms with Gasteiger partial charge in [-0.1, -0.05) is 85.2 Å². The molecule has 9 atom stereocenters. The van der Waals surface area contributed by atoms with Gasteiger partial charge in [0.05, 0.1) is 48.7 Å². The van der Waals surface area contributed by atoms with Gasteiger partial charge in [-0.25, -0.2) is 0 Å². The number of Topliss-reactive ketones (excluding diaryl/α,β-unsaturated/α-hetero) is 1. The molecule has 53 heavy (non-hydrogen) atoms. The van der Waals surface area contributed by atoms with Gasteiger partial charge in [0.2, 0.25) is 23.6 Å². The molecule has 0 spiro atoms. The lowest BCUT2D eigenvalue weighted by Gasteiger charge is -2.41. The van der Waals surface area contributed by atoms with Gasteiger partial charge in [-0.05, 0) is 63.6 Å². The first-order valence-electron chi connectivity index (χ1n) is 19.3. The maximum atomic E-state index is 14.2. The summed E-state index contributed by atoms with van der Waals surface area (Å²) >= 11 is 0. The number of ketones is 1. The zero-order valence-corrected chi connectivity index (χ0v) is 34.7. The van der Waals surface area contributed by atoms with Crippen LogP contribution in [0.25, 0.3) is 0 Å². The van der Waals surface area contributed by atoms with Crippen LogP contribution in [0.2, 0.25) is 0 Å². The summed E-state index contributed by atoms with van der Waals surface area (Å²) < 4.78 is 11.9. The number of carbonyl (C=O) groups is 5. The molecule has 4 amide bonds. The number of likely N-dealkylation sites (N-methyl/N-ethyl adjacent to an activating group) is 2. The summed E-state index contributed by atoms with van der Waals surface area (Å²) in [4.78, 5) is 73.2. The molecule has 0 radical (unpaired) electrons. The number of nitrogens with one attached hydrogen (secondary N) is 2. The number of nitrogens with zero attached hydrogens (tertiary/aromatic N) is 3. The van der Waals surface area contributed by atoms with E-state index < -0.39 is 42.3 Å². The molecule has 2 rings (SSSR count). The number of hydrogen-bond acceptors (Lipinski definition) is 8. The number of ether oxygens (including phenoxy) is 2. The molecule has 1 heterocycles. The van der Waals surface area contributed by atoms with E-state index in [1.165, 1.54) is 6.92 Å². The van der Waals surface area contributed by atoms with Crippen LogP contribution in [0.5, 0.6) is 0 Å². The second-order valence-corrected chi connectivity index (χ2v) is 15.8. The van der Waals surface area contributed by atoms with Crippen LogP contribution in [0.1, 0.15) is 86.6 Å². The summed E-state index contributed by atoms with van der Waals surface area (Å²) in [5, 5.41) is 5.97. The third-order valence-electron chi connectivity index (χ3n) is 11.0. The minimum Gasteiger partial charge on any atom is -0.379 e. The normalized spacial score (nSPS) is 19.2. The Morgan fingerprint density at radius 2 is 1.51 bits per heavy atom. The van der Waals surface area contributed by atoms with E-state index in [2.05, 4.69) is 10.6 Å². The van der Waals surface area contributed by atoms with Crippen molar-refractivity contribution in [3.63, 3.8) is 0 Å². The number of benzene rings is 1. The molecule has 300 valence electrons. The molecule has 1 aromatic rings. The Bertz CT molecular complexity index is 1330. The van der Waals surface area contributed by atoms with Crippen LogP contribution in [0.15, 0.2) is 30.3 Å².